The Hall–Kier alpha value is -9.21. The molecule has 0 spiro atoms. The minimum absolute atomic E-state index is 0.00284. The fourth-order valence-corrected chi connectivity index (χ4v) is 9.73. The number of amides is 9. The van der Waals surface area contributed by atoms with Crippen molar-refractivity contribution >= 4 is 70.0 Å². The van der Waals surface area contributed by atoms with Gasteiger partial charge in [0.15, 0.2) is 5.96 Å². The molecule has 27 heteroatoms. The van der Waals surface area contributed by atoms with Gasteiger partial charge in [0.25, 0.3) is 0 Å². The number of nitrogens with two attached hydrogens (primary N) is 6. The van der Waals surface area contributed by atoms with Gasteiger partial charge in [0, 0.05) is 61.2 Å². The lowest BCUT2D eigenvalue weighted by molar-refractivity contribution is -0.136. The SMILES string of the molecule is CC[C@H](C)[C@H](NC(=O)[C@@H](Cc1ccccc1)NC(=O)[C@@H](Cc1c[nH]c2ccccc12)NC(=O)[C@@H](N)CCCN=C(N)N)C(=O)N[C@H](Cc1ccccc1)C(=O)N[C@@H](Cc1cnc[nH]1)C(=O)N[C@@H](CCCCN)C(=O)N[C@@H](CCCCN)C(=O)NCC(N)=O. The number of nitrogens with zero attached hydrogens (tertiary/aromatic N) is 2. The van der Waals surface area contributed by atoms with Crippen LogP contribution in [0, 0.1) is 5.92 Å². The zero-order chi connectivity index (χ0) is 64.0. The molecule has 3 aromatic carbocycles. The normalized spacial score (nSPS) is 14.2. The summed E-state index contributed by atoms with van der Waals surface area (Å²) in [4.78, 5) is 141. The van der Waals surface area contributed by atoms with Crippen LogP contribution in [0.4, 0.5) is 0 Å². The van der Waals surface area contributed by atoms with Gasteiger partial charge in [-0.3, -0.25) is 48.1 Å². The van der Waals surface area contributed by atoms with Crippen LogP contribution >= 0.6 is 0 Å². The Bertz CT molecular complexity index is 3070. The summed E-state index contributed by atoms with van der Waals surface area (Å²) >= 11 is 0. The number of imidazole rings is 1. The number of hydrogen-bond donors (Lipinski definition) is 16. The second-order valence-electron chi connectivity index (χ2n) is 21.8. The first-order chi connectivity index (χ1) is 42.3. The van der Waals surface area contributed by atoms with Gasteiger partial charge in [-0.1, -0.05) is 99.1 Å². The first kappa shape index (κ1) is 69.6. The molecule has 0 saturated heterocycles. The molecule has 0 aliphatic heterocycles. The maximum Gasteiger partial charge on any atom is 0.243 e. The van der Waals surface area contributed by atoms with Crippen molar-refractivity contribution in [1.82, 2.24) is 57.5 Å². The molecule has 0 fully saturated rings. The first-order valence-corrected chi connectivity index (χ1v) is 29.8. The van der Waals surface area contributed by atoms with Crippen molar-refractivity contribution < 1.29 is 43.2 Å². The molecule has 0 aliphatic rings. The number of rotatable bonds is 39. The summed E-state index contributed by atoms with van der Waals surface area (Å²) in [6.07, 6.45) is 7.35. The molecule has 2 aromatic heterocycles. The van der Waals surface area contributed by atoms with Crippen LogP contribution in [-0.2, 0) is 68.8 Å². The molecular formula is C61H88N18O9. The Morgan fingerprint density at radius 2 is 1.02 bits per heavy atom. The van der Waals surface area contributed by atoms with Crippen molar-refractivity contribution in [3.05, 3.63) is 126 Å². The zero-order valence-electron chi connectivity index (χ0n) is 50.1. The van der Waals surface area contributed by atoms with Gasteiger partial charge in [-0.2, -0.15) is 0 Å². The average Bonchev–Trinajstić information content (AvgIpc) is 2.93. The monoisotopic (exact) mass is 1220 g/mol. The number of fused-ring (bicyclic) bond motifs is 1. The van der Waals surface area contributed by atoms with Crippen molar-refractivity contribution in [3.63, 3.8) is 0 Å². The quantitative estimate of drug-likeness (QED) is 0.0125. The first-order valence-electron chi connectivity index (χ1n) is 29.8. The van der Waals surface area contributed by atoms with Crippen LogP contribution in [0.1, 0.15) is 94.0 Å². The van der Waals surface area contributed by atoms with E-state index in [2.05, 4.69) is 62.5 Å². The van der Waals surface area contributed by atoms with Crippen LogP contribution < -0.4 is 76.9 Å². The summed E-state index contributed by atoms with van der Waals surface area (Å²) in [7, 11) is 0. The number of hydrogen-bond acceptors (Lipinski definition) is 14. The molecule has 27 nitrogen and oxygen atoms in total. The number of guanidine groups is 1. The van der Waals surface area contributed by atoms with Crippen molar-refractivity contribution in [2.75, 3.05) is 26.2 Å². The van der Waals surface area contributed by atoms with Crippen molar-refractivity contribution in [1.29, 1.82) is 0 Å². The van der Waals surface area contributed by atoms with Crippen LogP contribution in [0.2, 0.25) is 0 Å². The van der Waals surface area contributed by atoms with Gasteiger partial charge in [-0.15, -0.1) is 0 Å². The largest absolute Gasteiger partial charge is 0.370 e. The third-order valence-corrected chi connectivity index (χ3v) is 14.9. The van der Waals surface area contributed by atoms with Gasteiger partial charge in [0.1, 0.15) is 42.3 Å². The highest BCUT2D eigenvalue weighted by Gasteiger charge is 2.37. The maximum absolute atomic E-state index is 14.9. The molecule has 2 heterocycles. The van der Waals surface area contributed by atoms with E-state index in [1.165, 1.54) is 12.5 Å². The summed E-state index contributed by atoms with van der Waals surface area (Å²) in [5, 5.41) is 22.9. The molecule has 0 aliphatic carbocycles. The Labute approximate surface area is 512 Å². The lowest BCUT2D eigenvalue weighted by Crippen LogP contribution is -2.62. The standard InChI is InChI=1S/C61H88N18O9/c1-3-37(2)52(79-59(87)48(30-39-19-8-5-9-20-39)76-57(85)49(31-40-33-70-44-23-11-10-21-42(40)44)75-53(81)43(64)22-16-28-69-61(66)67)60(88)78-47(29-38-17-6-4-7-18-38)56(84)77-50(32-41-34-68-36-72-41)58(86)74-46(25-13-15-27-63)55(83)73-45(24-12-14-26-62)54(82)71-35-51(65)80/h4-11,17-21,23,33-34,36-37,43,45-50,52,70H,3,12-16,22,24-32,35,62-64H2,1-2H3,(H2,65,80)(H,68,72)(H,71,82)(H,73,83)(H,74,86)(H,75,81)(H,76,85)(H,77,84)(H,78,88)(H,79,87)(H4,66,67,69)/t37-,43-,45-,46-,47+,48+,49+,50-,52-/m0/s1. The van der Waals surface area contributed by atoms with Gasteiger partial charge >= 0.3 is 0 Å². The van der Waals surface area contributed by atoms with Crippen LogP contribution in [0.3, 0.4) is 0 Å². The maximum atomic E-state index is 14.9. The van der Waals surface area contributed by atoms with E-state index in [1.54, 1.807) is 73.8 Å². The van der Waals surface area contributed by atoms with E-state index in [9.17, 15) is 43.2 Å². The molecule has 0 radical (unpaired) electrons. The molecule has 476 valence electrons. The van der Waals surface area contributed by atoms with Crippen molar-refractivity contribution in [3.8, 4) is 0 Å². The summed E-state index contributed by atoms with van der Waals surface area (Å²) in [6.45, 7) is 3.94. The van der Waals surface area contributed by atoms with E-state index in [-0.39, 0.29) is 64.0 Å². The zero-order valence-corrected chi connectivity index (χ0v) is 50.1. The van der Waals surface area contributed by atoms with Gasteiger partial charge in [0.05, 0.1) is 18.9 Å². The fourth-order valence-electron chi connectivity index (χ4n) is 9.73. The number of carbonyl (C=O) groups is 9. The number of aromatic amines is 2. The Balaban J connectivity index is 1.43. The topological polar surface area (TPSA) is 463 Å². The third kappa shape index (κ3) is 23.2. The lowest BCUT2D eigenvalue weighted by Gasteiger charge is -2.30. The number of benzene rings is 3. The smallest absolute Gasteiger partial charge is 0.243 e. The Morgan fingerprint density at radius 1 is 0.534 bits per heavy atom. The van der Waals surface area contributed by atoms with Gasteiger partial charge < -0.3 is 86.9 Å². The fraction of sp³-hybridized carbons (Fsp3) is 0.459. The third-order valence-electron chi connectivity index (χ3n) is 14.9. The number of para-hydroxylation sites is 1. The molecule has 88 heavy (non-hydrogen) atoms. The minimum atomic E-state index is -1.39. The highest BCUT2D eigenvalue weighted by Crippen LogP contribution is 2.20. The number of aromatic nitrogens is 3. The molecule has 0 unspecified atom stereocenters. The number of aliphatic imine (C=N–C) groups is 1. The number of H-pyrrole nitrogens is 2. The highest BCUT2D eigenvalue weighted by atomic mass is 16.2. The molecular weight excluding hydrogens is 1130 g/mol. The van der Waals surface area contributed by atoms with Gasteiger partial charge in [-0.05, 0) is 93.1 Å². The van der Waals surface area contributed by atoms with E-state index >= 15 is 0 Å². The summed E-state index contributed by atoms with van der Waals surface area (Å²) in [5.41, 5.74) is 37.3. The number of primary amides is 1. The lowest BCUT2D eigenvalue weighted by atomic mass is 9.96. The van der Waals surface area contributed by atoms with E-state index in [0.717, 1.165) is 10.9 Å². The number of carbonyl (C=O) groups excluding carboxylic acids is 9. The number of nitrogens with one attached hydrogen (secondary N) is 10. The molecule has 9 atom stereocenters. The summed E-state index contributed by atoms with van der Waals surface area (Å²) < 4.78 is 0. The molecule has 22 N–H and O–H groups in total. The van der Waals surface area contributed by atoms with Crippen molar-refractivity contribution in [2.24, 2.45) is 45.3 Å². The second kappa shape index (κ2) is 36.7. The predicted octanol–water partition coefficient (Wildman–Crippen LogP) is -1.16. The van der Waals surface area contributed by atoms with Gasteiger partial charge in [-0.25, -0.2) is 4.98 Å². The summed E-state index contributed by atoms with van der Waals surface area (Å²) in [5.74, 6) is -7.27. The van der Waals surface area contributed by atoms with Crippen LogP contribution in [0.25, 0.3) is 10.9 Å². The van der Waals surface area contributed by atoms with Crippen LogP contribution in [0.5, 0.6) is 0 Å². The molecule has 5 aromatic rings. The van der Waals surface area contributed by atoms with Crippen LogP contribution in [0.15, 0.2) is 109 Å². The van der Waals surface area contributed by atoms with E-state index in [1.807, 2.05) is 31.2 Å². The van der Waals surface area contributed by atoms with Crippen molar-refractivity contribution in [2.45, 2.75) is 146 Å². The molecule has 0 saturated carbocycles. The molecule has 0 bridgehead atoms. The summed E-state index contributed by atoms with van der Waals surface area (Å²) in [6, 6.07) is 15.1. The van der Waals surface area contributed by atoms with E-state index in [0.29, 0.717) is 67.5 Å². The molecule has 9 amide bonds. The Kier molecular flexibility index (Phi) is 29.0. The Morgan fingerprint density at radius 3 is 1.56 bits per heavy atom. The van der Waals surface area contributed by atoms with Crippen LogP contribution in [-0.4, -0.2) is 149 Å². The van der Waals surface area contributed by atoms with Gasteiger partial charge in [0.2, 0.25) is 53.2 Å². The van der Waals surface area contributed by atoms with E-state index in [4.69, 9.17) is 34.4 Å². The predicted molar refractivity (Wildman–Crippen MR) is 333 cm³/mol. The van der Waals surface area contributed by atoms with E-state index < -0.39 is 114 Å². The highest BCUT2D eigenvalue weighted by molar-refractivity contribution is 5.98. The molecule has 5 rings (SSSR count). The minimum Gasteiger partial charge on any atom is -0.370 e. The number of unbranched alkanes of at least 4 members (excludes halogenated alkanes) is 2. The second-order valence-corrected chi connectivity index (χ2v) is 21.8. The average molecular weight is 1220 g/mol.